The van der Waals surface area contributed by atoms with E-state index < -0.39 is 24.0 Å². The smallest absolute Gasteiger partial charge is 0.460 e. The van der Waals surface area contributed by atoms with E-state index >= 15 is 0 Å². The molecule has 0 saturated carbocycles. The van der Waals surface area contributed by atoms with Gasteiger partial charge in [0.2, 0.25) is 0 Å². The largest absolute Gasteiger partial charge is 0.477 e. The van der Waals surface area contributed by atoms with Gasteiger partial charge in [0, 0.05) is 0 Å². The van der Waals surface area contributed by atoms with Gasteiger partial charge in [-0.05, 0) is 6.20 Å². The highest BCUT2D eigenvalue weighted by Crippen LogP contribution is 2.46. The minimum absolute atomic E-state index is 1.25. The van der Waals surface area contributed by atoms with Crippen LogP contribution in [0.15, 0.2) is 12.8 Å². The van der Waals surface area contributed by atoms with Crippen LogP contribution in [0.4, 0.5) is 30.7 Å². The summed E-state index contributed by atoms with van der Waals surface area (Å²) in [6.45, 7) is 3.14. The monoisotopic (exact) mass is 257 g/mol. The molecule has 0 spiro atoms. The van der Waals surface area contributed by atoms with E-state index in [2.05, 4.69) is 12.3 Å². The van der Waals surface area contributed by atoms with Gasteiger partial charge in [0.1, 0.15) is 0 Å². The van der Waals surface area contributed by atoms with Crippen molar-refractivity contribution in [1.82, 2.24) is 0 Å². The van der Waals surface area contributed by atoms with E-state index in [4.69, 9.17) is 5.11 Å². The highest BCUT2D eigenvalue weighted by Gasteiger charge is 2.76. The van der Waals surface area contributed by atoms with E-state index in [1.165, 1.54) is 6.20 Å². The van der Waals surface area contributed by atoms with Crippen molar-refractivity contribution in [3.8, 4) is 0 Å². The van der Waals surface area contributed by atoms with E-state index in [9.17, 15) is 35.5 Å². The van der Waals surface area contributed by atoms with E-state index in [0.717, 1.165) is 0 Å². The number of carboxylic acids is 1. The molecule has 3 nitrogen and oxygen atoms in total. The highest BCUT2D eigenvalue weighted by atomic mass is 19.4. The quantitative estimate of drug-likeness (QED) is 0.743. The Kier molecular flexibility index (Phi) is 5.33. The highest BCUT2D eigenvalue weighted by molar-refractivity contribution is 5.76. The van der Waals surface area contributed by atoms with Crippen LogP contribution in [0.3, 0.4) is 0 Å². The third kappa shape index (κ3) is 3.28. The normalized spacial score (nSPS) is 12.4. The van der Waals surface area contributed by atoms with Gasteiger partial charge in [-0.2, -0.15) is 30.7 Å². The Morgan fingerprint density at radius 2 is 1.38 bits per heavy atom. The fourth-order valence-electron chi connectivity index (χ4n) is 0.312. The van der Waals surface area contributed by atoms with Crippen molar-refractivity contribution >= 4 is 5.97 Å². The number of hydrogen-bond donors (Lipinski definition) is 2. The molecule has 3 N–H and O–H groups in total. The zero-order valence-electron chi connectivity index (χ0n) is 7.36. The Hall–Kier alpha value is -1.48. The summed E-state index contributed by atoms with van der Waals surface area (Å²) in [5, 5.41) is 7.41. The number of carboxylic acid groups (broad SMARTS) is 1. The predicted octanol–water partition coefficient (Wildman–Crippen LogP) is 1.99. The predicted molar refractivity (Wildman–Crippen MR) is 38.0 cm³/mol. The molecule has 0 atom stereocenters. The van der Waals surface area contributed by atoms with Gasteiger partial charge in [0.05, 0.1) is 0 Å². The van der Waals surface area contributed by atoms with Gasteiger partial charge in [-0.1, -0.05) is 6.58 Å². The van der Waals surface area contributed by atoms with Crippen molar-refractivity contribution in [3.05, 3.63) is 12.8 Å². The second-order valence-corrected chi connectivity index (χ2v) is 2.19. The van der Waals surface area contributed by atoms with Gasteiger partial charge >= 0.3 is 24.0 Å². The molecule has 0 bridgehead atoms. The van der Waals surface area contributed by atoms with Crippen molar-refractivity contribution in [3.63, 3.8) is 0 Å². The lowest BCUT2D eigenvalue weighted by Gasteiger charge is -2.24. The van der Waals surface area contributed by atoms with Gasteiger partial charge in [-0.25, -0.2) is 4.79 Å². The second-order valence-electron chi connectivity index (χ2n) is 2.19. The first-order valence-electron chi connectivity index (χ1n) is 3.24. The fourth-order valence-corrected chi connectivity index (χ4v) is 0.312. The lowest BCUT2D eigenvalue weighted by atomic mass is 10.1. The van der Waals surface area contributed by atoms with E-state index in [1.54, 1.807) is 0 Å². The minimum Gasteiger partial charge on any atom is -0.477 e. The van der Waals surface area contributed by atoms with Gasteiger partial charge in [-0.3, -0.25) is 0 Å². The molecule has 0 aromatic carbocycles. The molecule has 0 aliphatic heterocycles. The van der Waals surface area contributed by atoms with Crippen molar-refractivity contribution in [2.75, 3.05) is 0 Å². The van der Waals surface area contributed by atoms with Gasteiger partial charge in [0.15, 0.2) is 0 Å². The van der Waals surface area contributed by atoms with Crippen LogP contribution in [0, 0.1) is 0 Å². The SMILES string of the molecule is C=CN.O=C(O)C(F)(F)C(F)(F)C(F)(F)F. The Morgan fingerprint density at radius 3 is 1.44 bits per heavy atom. The van der Waals surface area contributed by atoms with Gasteiger partial charge < -0.3 is 10.8 Å². The Morgan fingerprint density at radius 1 is 1.12 bits per heavy atom. The minimum atomic E-state index is -6.60. The first kappa shape index (κ1) is 16.9. The third-order valence-corrected chi connectivity index (χ3v) is 1.02. The van der Waals surface area contributed by atoms with E-state index in [0.29, 0.717) is 0 Å². The molecule has 0 aromatic rings. The molecule has 10 heteroatoms. The molecular weight excluding hydrogens is 251 g/mol. The zero-order valence-corrected chi connectivity index (χ0v) is 7.36. The molecule has 0 aliphatic carbocycles. The lowest BCUT2D eigenvalue weighted by molar-refractivity contribution is -0.347. The van der Waals surface area contributed by atoms with Crippen LogP contribution in [0.25, 0.3) is 0 Å². The van der Waals surface area contributed by atoms with Crippen LogP contribution >= 0.6 is 0 Å². The summed E-state index contributed by atoms with van der Waals surface area (Å²) in [5.41, 5.74) is 4.61. The number of halogens is 7. The molecule has 0 amide bonds. The molecule has 0 unspecified atom stereocenters. The summed E-state index contributed by atoms with van der Waals surface area (Å²) in [6, 6.07) is 0. The van der Waals surface area contributed by atoms with E-state index in [-0.39, 0.29) is 0 Å². The standard InChI is InChI=1S/C4HF7O2.C2H5N/c5-2(6,1(12)13)3(7,8)4(9,10)11;1-2-3/h(H,12,13);2H,1,3H2. The molecular formula is C6H6F7NO2. The number of nitrogens with two attached hydrogens (primary N) is 1. The maximum atomic E-state index is 11.8. The summed E-state index contributed by atoms with van der Waals surface area (Å²) in [4.78, 5) is 9.38. The van der Waals surface area contributed by atoms with Crippen molar-refractivity contribution in [1.29, 1.82) is 0 Å². The molecule has 0 aliphatic rings. The van der Waals surface area contributed by atoms with Crippen LogP contribution in [-0.2, 0) is 4.79 Å². The molecule has 96 valence electrons. The van der Waals surface area contributed by atoms with Gasteiger partial charge in [-0.15, -0.1) is 0 Å². The van der Waals surface area contributed by atoms with Crippen molar-refractivity contribution in [2.45, 2.75) is 18.0 Å². The maximum Gasteiger partial charge on any atom is 0.460 e. The van der Waals surface area contributed by atoms with Crippen molar-refractivity contribution < 1.29 is 40.6 Å². The lowest BCUT2D eigenvalue weighted by Crippen LogP contribution is -2.56. The fraction of sp³-hybridized carbons (Fsp3) is 0.500. The topological polar surface area (TPSA) is 63.3 Å². The van der Waals surface area contributed by atoms with Crippen LogP contribution in [0.2, 0.25) is 0 Å². The summed E-state index contributed by atoms with van der Waals surface area (Å²) in [6.07, 6.45) is -5.35. The summed E-state index contributed by atoms with van der Waals surface area (Å²) in [7, 11) is 0. The van der Waals surface area contributed by atoms with E-state index in [1.807, 2.05) is 0 Å². The molecule has 0 heterocycles. The second kappa shape index (κ2) is 5.03. The van der Waals surface area contributed by atoms with Crippen LogP contribution in [-0.4, -0.2) is 29.1 Å². The number of aliphatic carboxylic acids is 1. The third-order valence-electron chi connectivity index (χ3n) is 1.02. The summed E-state index contributed by atoms with van der Waals surface area (Å²) >= 11 is 0. The van der Waals surface area contributed by atoms with Crippen LogP contribution in [0.5, 0.6) is 0 Å². The first-order valence-corrected chi connectivity index (χ1v) is 3.24. The first-order chi connectivity index (χ1) is 6.86. The average molecular weight is 257 g/mol. The zero-order chi connectivity index (χ0) is 13.8. The Labute approximate surface area is 84.3 Å². The van der Waals surface area contributed by atoms with Crippen molar-refractivity contribution in [2.24, 2.45) is 5.73 Å². The van der Waals surface area contributed by atoms with Crippen LogP contribution < -0.4 is 5.73 Å². The molecule has 16 heavy (non-hydrogen) atoms. The Bertz CT molecular complexity index is 260. The number of hydrogen-bond acceptors (Lipinski definition) is 2. The molecule has 0 radical (unpaired) electrons. The molecule has 0 aromatic heterocycles. The Balaban J connectivity index is 0. The number of alkyl halides is 7. The molecule has 0 fully saturated rings. The van der Waals surface area contributed by atoms with Gasteiger partial charge in [0.25, 0.3) is 0 Å². The molecule has 0 saturated heterocycles. The maximum absolute atomic E-state index is 11.8. The average Bonchev–Trinajstić information content (AvgIpc) is 2.02. The summed E-state index contributed by atoms with van der Waals surface area (Å²) in [5.74, 6) is -16.3. The number of carbonyl (C=O) groups is 1. The summed E-state index contributed by atoms with van der Waals surface area (Å²) < 4.78 is 80.5. The van der Waals surface area contributed by atoms with Crippen LogP contribution in [0.1, 0.15) is 0 Å². The molecule has 0 rings (SSSR count). The number of rotatable bonds is 2.